The summed E-state index contributed by atoms with van der Waals surface area (Å²) in [4.78, 5) is 20.4. The Bertz CT molecular complexity index is 380. The van der Waals surface area contributed by atoms with Gasteiger partial charge in [-0.25, -0.2) is 4.39 Å². The molecule has 0 fully saturated rings. The van der Waals surface area contributed by atoms with Crippen molar-refractivity contribution in [1.29, 1.82) is 0 Å². The average molecular weight is 218 g/mol. The van der Waals surface area contributed by atoms with Crippen molar-refractivity contribution in [2.75, 3.05) is 0 Å². The van der Waals surface area contributed by atoms with Gasteiger partial charge in [0.2, 0.25) is 0 Å². The average Bonchev–Trinajstić information content (AvgIpc) is 2.08. The molecule has 0 N–H and O–H groups in total. The zero-order valence-electron chi connectivity index (χ0n) is 7.08. The number of hydrogen-bond acceptors (Lipinski definition) is 3. The van der Waals surface area contributed by atoms with Gasteiger partial charge in [0.1, 0.15) is 11.4 Å². The summed E-state index contributed by atoms with van der Waals surface area (Å²) < 4.78 is 12.9. The molecule has 1 aromatic carbocycles. The monoisotopic (exact) mass is 217 g/mol. The quantitative estimate of drug-likeness (QED) is 0.434. The summed E-state index contributed by atoms with van der Waals surface area (Å²) in [7, 11) is 0. The number of rotatable bonds is 2. The number of nitro benzene ring substituents is 1. The van der Waals surface area contributed by atoms with Crippen LogP contribution >= 0.6 is 11.6 Å². The standard InChI is InChI=1S/C8H5ClFNO3/c1-4-2-7(11(13)14)5(8(9)12)3-6(4)10/h2-3H,1H3. The number of benzene rings is 1. The maximum Gasteiger partial charge on any atom is 0.281 e. The Morgan fingerprint density at radius 3 is 2.57 bits per heavy atom. The first kappa shape index (κ1) is 10.6. The highest BCUT2D eigenvalue weighted by molar-refractivity contribution is 6.68. The Morgan fingerprint density at radius 1 is 1.57 bits per heavy atom. The molecular weight excluding hydrogens is 213 g/mol. The summed E-state index contributed by atoms with van der Waals surface area (Å²) >= 11 is 5.07. The first-order valence-corrected chi connectivity index (χ1v) is 3.95. The molecule has 0 radical (unpaired) electrons. The highest BCUT2D eigenvalue weighted by Crippen LogP contribution is 2.23. The van der Waals surface area contributed by atoms with E-state index in [2.05, 4.69) is 0 Å². The van der Waals surface area contributed by atoms with Gasteiger partial charge in [-0.15, -0.1) is 0 Å². The van der Waals surface area contributed by atoms with Crippen LogP contribution in [0.15, 0.2) is 12.1 Å². The van der Waals surface area contributed by atoms with Gasteiger partial charge in [-0.05, 0) is 30.2 Å². The third-order valence-electron chi connectivity index (χ3n) is 1.69. The van der Waals surface area contributed by atoms with E-state index in [-0.39, 0.29) is 5.56 Å². The molecule has 0 amide bonds. The van der Waals surface area contributed by atoms with Gasteiger partial charge < -0.3 is 0 Å². The molecular formula is C8H5ClFNO3. The Hall–Kier alpha value is -1.49. The number of carbonyl (C=O) groups excluding carboxylic acids is 1. The fraction of sp³-hybridized carbons (Fsp3) is 0.125. The predicted molar refractivity (Wildman–Crippen MR) is 48.0 cm³/mol. The minimum atomic E-state index is -1.05. The maximum absolute atomic E-state index is 12.9. The molecule has 6 heteroatoms. The van der Waals surface area contributed by atoms with E-state index in [1.54, 1.807) is 0 Å². The summed E-state index contributed by atoms with van der Waals surface area (Å²) in [5, 5.41) is 9.42. The summed E-state index contributed by atoms with van der Waals surface area (Å²) in [5.74, 6) is -0.695. The van der Waals surface area contributed by atoms with Crippen LogP contribution in [-0.4, -0.2) is 10.2 Å². The lowest BCUT2D eigenvalue weighted by molar-refractivity contribution is -0.385. The molecule has 0 spiro atoms. The highest BCUT2D eigenvalue weighted by atomic mass is 35.5. The smallest absolute Gasteiger partial charge is 0.275 e. The van der Waals surface area contributed by atoms with Crippen molar-refractivity contribution in [1.82, 2.24) is 0 Å². The van der Waals surface area contributed by atoms with Crippen molar-refractivity contribution in [2.45, 2.75) is 6.92 Å². The van der Waals surface area contributed by atoms with Gasteiger partial charge in [0.05, 0.1) is 4.92 Å². The topological polar surface area (TPSA) is 60.2 Å². The van der Waals surface area contributed by atoms with Crippen molar-refractivity contribution in [3.8, 4) is 0 Å². The highest BCUT2D eigenvalue weighted by Gasteiger charge is 2.20. The second-order valence-electron chi connectivity index (χ2n) is 2.65. The van der Waals surface area contributed by atoms with Crippen molar-refractivity contribution >= 4 is 22.5 Å². The Labute approximate surface area is 83.4 Å². The lowest BCUT2D eigenvalue weighted by Crippen LogP contribution is -2.00. The molecule has 1 rings (SSSR count). The van der Waals surface area contributed by atoms with E-state index < -0.39 is 27.2 Å². The lowest BCUT2D eigenvalue weighted by Gasteiger charge is -2.00. The van der Waals surface area contributed by atoms with Crippen LogP contribution in [0.4, 0.5) is 10.1 Å². The summed E-state index contributed by atoms with van der Waals surface area (Å²) in [5.41, 5.74) is -0.818. The van der Waals surface area contributed by atoms with Crippen LogP contribution in [0, 0.1) is 22.9 Å². The zero-order valence-corrected chi connectivity index (χ0v) is 7.84. The van der Waals surface area contributed by atoms with Crippen LogP contribution in [0.3, 0.4) is 0 Å². The van der Waals surface area contributed by atoms with E-state index in [4.69, 9.17) is 11.6 Å². The number of carbonyl (C=O) groups is 1. The zero-order chi connectivity index (χ0) is 10.9. The maximum atomic E-state index is 12.9. The third kappa shape index (κ3) is 1.88. The van der Waals surface area contributed by atoms with Gasteiger partial charge in [0.15, 0.2) is 0 Å². The molecule has 0 aliphatic heterocycles. The largest absolute Gasteiger partial charge is 0.281 e. The van der Waals surface area contributed by atoms with Crippen LogP contribution < -0.4 is 0 Å². The van der Waals surface area contributed by atoms with Crippen LogP contribution in [0.2, 0.25) is 0 Å². The molecule has 0 aliphatic rings. The van der Waals surface area contributed by atoms with Crippen molar-refractivity contribution < 1.29 is 14.1 Å². The first-order valence-electron chi connectivity index (χ1n) is 3.58. The molecule has 4 nitrogen and oxygen atoms in total. The number of aryl methyl sites for hydroxylation is 1. The van der Waals surface area contributed by atoms with E-state index >= 15 is 0 Å². The van der Waals surface area contributed by atoms with Crippen molar-refractivity contribution in [2.24, 2.45) is 0 Å². The van der Waals surface area contributed by atoms with Gasteiger partial charge in [-0.2, -0.15) is 0 Å². The second-order valence-corrected chi connectivity index (χ2v) is 2.99. The third-order valence-corrected chi connectivity index (χ3v) is 1.89. The Morgan fingerprint density at radius 2 is 2.14 bits per heavy atom. The number of halogens is 2. The molecule has 0 heterocycles. The molecule has 0 bridgehead atoms. The normalized spacial score (nSPS) is 9.93. The number of nitro groups is 1. The molecule has 0 aromatic heterocycles. The summed E-state index contributed by atoms with van der Waals surface area (Å²) in [6.07, 6.45) is 0. The summed E-state index contributed by atoms with van der Waals surface area (Å²) in [6.45, 7) is 1.37. The molecule has 0 atom stereocenters. The van der Waals surface area contributed by atoms with Gasteiger partial charge in [0.25, 0.3) is 10.9 Å². The minimum absolute atomic E-state index is 0.0957. The first-order chi connectivity index (χ1) is 6.43. The molecule has 0 aliphatic carbocycles. The van der Waals surface area contributed by atoms with E-state index in [0.717, 1.165) is 12.1 Å². The van der Waals surface area contributed by atoms with Crippen LogP contribution in [0.25, 0.3) is 0 Å². The van der Waals surface area contributed by atoms with E-state index in [0.29, 0.717) is 0 Å². The summed E-state index contributed by atoms with van der Waals surface area (Å²) in [6, 6.07) is 1.74. The van der Waals surface area contributed by atoms with Crippen LogP contribution in [0.5, 0.6) is 0 Å². The Balaban J connectivity index is 3.46. The minimum Gasteiger partial charge on any atom is -0.275 e. The molecule has 0 unspecified atom stereocenters. The molecule has 74 valence electrons. The van der Waals surface area contributed by atoms with Gasteiger partial charge in [0, 0.05) is 6.07 Å². The molecule has 14 heavy (non-hydrogen) atoms. The Kier molecular flexibility index (Phi) is 2.81. The van der Waals surface area contributed by atoms with E-state index in [1.807, 2.05) is 0 Å². The van der Waals surface area contributed by atoms with Gasteiger partial charge in [-0.3, -0.25) is 14.9 Å². The SMILES string of the molecule is Cc1cc([N+](=O)[O-])c(C(=O)Cl)cc1F. The van der Waals surface area contributed by atoms with E-state index in [1.165, 1.54) is 6.92 Å². The molecule has 0 saturated heterocycles. The van der Waals surface area contributed by atoms with Gasteiger partial charge in [-0.1, -0.05) is 0 Å². The number of hydrogen-bond donors (Lipinski definition) is 0. The predicted octanol–water partition coefficient (Wildman–Crippen LogP) is 2.42. The van der Waals surface area contributed by atoms with Crippen molar-refractivity contribution in [3.63, 3.8) is 0 Å². The van der Waals surface area contributed by atoms with Crippen molar-refractivity contribution in [3.05, 3.63) is 39.2 Å². The second kappa shape index (κ2) is 3.71. The van der Waals surface area contributed by atoms with E-state index in [9.17, 15) is 19.3 Å². The number of nitrogens with zero attached hydrogens (tertiary/aromatic N) is 1. The fourth-order valence-electron chi connectivity index (χ4n) is 0.975. The fourth-order valence-corrected chi connectivity index (χ4v) is 1.13. The van der Waals surface area contributed by atoms with Crippen LogP contribution in [0.1, 0.15) is 15.9 Å². The van der Waals surface area contributed by atoms with Crippen LogP contribution in [-0.2, 0) is 0 Å². The molecule has 0 saturated carbocycles. The van der Waals surface area contributed by atoms with Gasteiger partial charge >= 0.3 is 0 Å². The molecule has 1 aromatic rings. The lowest BCUT2D eigenvalue weighted by atomic mass is 10.1.